The minimum atomic E-state index is 0.645. The molecule has 0 rings (SSSR count). The van der Waals surface area contributed by atoms with E-state index >= 15 is 0 Å². The lowest BCUT2D eigenvalue weighted by Crippen LogP contribution is -1.96. The van der Waals surface area contributed by atoms with E-state index in [0.29, 0.717) is 11.8 Å². The highest BCUT2D eigenvalue weighted by Gasteiger charge is 2.00. The Balaban J connectivity index is 3.55. The maximum atomic E-state index is 3.75. The molecule has 0 nitrogen and oxygen atoms in total. The molecule has 0 fully saturated rings. The molecule has 0 aromatic rings. The van der Waals surface area contributed by atoms with Crippen LogP contribution in [0.4, 0.5) is 0 Å². The smallest absolute Gasteiger partial charge is 0.0257 e. The normalized spacial score (nSPS) is 17.1. The van der Waals surface area contributed by atoms with Gasteiger partial charge in [-0.3, -0.25) is 0 Å². The third-order valence-corrected chi connectivity index (χ3v) is 1.67. The summed E-state index contributed by atoms with van der Waals surface area (Å²) < 4.78 is 0. The van der Waals surface area contributed by atoms with Gasteiger partial charge in [-0.15, -0.1) is 6.58 Å². The highest BCUT2D eigenvalue weighted by atomic mass is 14.1. The standard InChI is InChI=1S/C10H18/c1-5-7-10(4)8-9(3)6-2/h5-7,9-10H,2,8H2,1,3-4H3/b7-5-. The fourth-order valence-electron chi connectivity index (χ4n) is 1.09. The lowest BCUT2D eigenvalue weighted by molar-refractivity contribution is 0.544. The molecule has 0 bridgehead atoms. The van der Waals surface area contributed by atoms with Crippen molar-refractivity contribution in [3.63, 3.8) is 0 Å². The molecule has 0 aliphatic rings. The second-order valence-electron chi connectivity index (χ2n) is 2.95. The Morgan fingerprint density at radius 2 is 1.90 bits per heavy atom. The van der Waals surface area contributed by atoms with E-state index in [2.05, 4.69) is 39.5 Å². The Labute approximate surface area is 64.6 Å². The first kappa shape index (κ1) is 9.48. The van der Waals surface area contributed by atoms with E-state index in [1.165, 1.54) is 6.42 Å². The van der Waals surface area contributed by atoms with Gasteiger partial charge in [-0.2, -0.15) is 0 Å². The molecule has 0 saturated carbocycles. The first-order valence-electron chi connectivity index (χ1n) is 3.96. The molecule has 0 amide bonds. The van der Waals surface area contributed by atoms with E-state index in [9.17, 15) is 0 Å². The van der Waals surface area contributed by atoms with Gasteiger partial charge in [-0.05, 0) is 25.2 Å². The molecule has 0 spiro atoms. The van der Waals surface area contributed by atoms with E-state index in [0.717, 1.165) is 0 Å². The molecule has 0 radical (unpaired) electrons. The van der Waals surface area contributed by atoms with Crippen LogP contribution in [0.5, 0.6) is 0 Å². The summed E-state index contributed by atoms with van der Waals surface area (Å²) in [7, 11) is 0. The van der Waals surface area contributed by atoms with Crippen molar-refractivity contribution in [2.45, 2.75) is 27.2 Å². The van der Waals surface area contributed by atoms with Crippen LogP contribution in [0.15, 0.2) is 24.8 Å². The summed E-state index contributed by atoms with van der Waals surface area (Å²) in [5, 5.41) is 0. The SMILES string of the molecule is C=CC(C)CC(C)/C=C\C. The highest BCUT2D eigenvalue weighted by Crippen LogP contribution is 2.12. The van der Waals surface area contributed by atoms with Gasteiger partial charge >= 0.3 is 0 Å². The molecule has 0 aliphatic heterocycles. The quantitative estimate of drug-likeness (QED) is 0.522. The first-order valence-corrected chi connectivity index (χ1v) is 3.96. The molecular weight excluding hydrogens is 120 g/mol. The maximum absolute atomic E-state index is 3.75. The molecule has 0 aromatic carbocycles. The maximum Gasteiger partial charge on any atom is -0.0257 e. The van der Waals surface area contributed by atoms with Crippen molar-refractivity contribution in [1.29, 1.82) is 0 Å². The third-order valence-electron chi connectivity index (χ3n) is 1.67. The Bertz CT molecular complexity index is 111. The lowest BCUT2D eigenvalue weighted by atomic mass is 9.97. The summed E-state index contributed by atoms with van der Waals surface area (Å²) in [5.74, 6) is 1.34. The van der Waals surface area contributed by atoms with Crippen LogP contribution >= 0.6 is 0 Å². The van der Waals surface area contributed by atoms with Gasteiger partial charge < -0.3 is 0 Å². The second kappa shape index (κ2) is 5.28. The molecule has 0 aromatic heterocycles. The van der Waals surface area contributed by atoms with Crippen molar-refractivity contribution in [2.75, 3.05) is 0 Å². The van der Waals surface area contributed by atoms with Crippen LogP contribution < -0.4 is 0 Å². The first-order chi connectivity index (χ1) is 4.70. The lowest BCUT2D eigenvalue weighted by Gasteiger charge is -2.08. The Hall–Kier alpha value is -0.520. The van der Waals surface area contributed by atoms with E-state index in [1.54, 1.807) is 0 Å². The minimum Gasteiger partial charge on any atom is -0.103 e. The van der Waals surface area contributed by atoms with E-state index in [4.69, 9.17) is 0 Å². The van der Waals surface area contributed by atoms with Crippen molar-refractivity contribution in [1.82, 2.24) is 0 Å². The Morgan fingerprint density at radius 3 is 2.30 bits per heavy atom. The summed E-state index contributed by atoms with van der Waals surface area (Å²) in [6.45, 7) is 10.3. The average molecular weight is 138 g/mol. The predicted octanol–water partition coefficient (Wildman–Crippen LogP) is 3.41. The molecule has 10 heavy (non-hydrogen) atoms. The van der Waals surface area contributed by atoms with Crippen LogP contribution in [0.2, 0.25) is 0 Å². The summed E-state index contributed by atoms with van der Waals surface area (Å²) >= 11 is 0. The van der Waals surface area contributed by atoms with E-state index in [1.807, 2.05) is 6.08 Å². The van der Waals surface area contributed by atoms with Gasteiger partial charge in [-0.1, -0.05) is 32.1 Å². The molecule has 0 heteroatoms. The van der Waals surface area contributed by atoms with Crippen molar-refractivity contribution >= 4 is 0 Å². The average Bonchev–Trinajstić information content (AvgIpc) is 1.88. The molecule has 0 N–H and O–H groups in total. The summed E-state index contributed by atoms with van der Waals surface area (Å²) in [6.07, 6.45) is 7.58. The van der Waals surface area contributed by atoms with Crippen LogP contribution in [0.1, 0.15) is 27.2 Å². The molecule has 0 aliphatic carbocycles. The second-order valence-corrected chi connectivity index (χ2v) is 2.95. The minimum absolute atomic E-state index is 0.645. The van der Waals surface area contributed by atoms with Crippen LogP contribution in [-0.2, 0) is 0 Å². The van der Waals surface area contributed by atoms with Gasteiger partial charge in [0.15, 0.2) is 0 Å². The number of allylic oxidation sites excluding steroid dienone is 3. The van der Waals surface area contributed by atoms with Crippen molar-refractivity contribution in [3.05, 3.63) is 24.8 Å². The molecule has 2 atom stereocenters. The van der Waals surface area contributed by atoms with Gasteiger partial charge in [0.25, 0.3) is 0 Å². The van der Waals surface area contributed by atoms with E-state index < -0.39 is 0 Å². The van der Waals surface area contributed by atoms with Gasteiger partial charge in [0, 0.05) is 0 Å². The Morgan fingerprint density at radius 1 is 1.30 bits per heavy atom. The fraction of sp³-hybridized carbons (Fsp3) is 0.600. The van der Waals surface area contributed by atoms with Crippen LogP contribution in [-0.4, -0.2) is 0 Å². The summed E-state index contributed by atoms with van der Waals surface area (Å²) in [5.41, 5.74) is 0. The zero-order valence-corrected chi connectivity index (χ0v) is 7.30. The van der Waals surface area contributed by atoms with Crippen LogP contribution in [0.3, 0.4) is 0 Å². The van der Waals surface area contributed by atoms with Crippen LogP contribution in [0.25, 0.3) is 0 Å². The van der Waals surface area contributed by atoms with Crippen molar-refractivity contribution in [2.24, 2.45) is 11.8 Å². The highest BCUT2D eigenvalue weighted by molar-refractivity contribution is 4.86. The molecule has 0 heterocycles. The third kappa shape index (κ3) is 4.37. The van der Waals surface area contributed by atoms with Gasteiger partial charge in [0.05, 0.1) is 0 Å². The largest absolute Gasteiger partial charge is 0.103 e. The zero-order valence-electron chi connectivity index (χ0n) is 7.30. The molecule has 0 saturated heterocycles. The molecular formula is C10H18. The molecule has 58 valence electrons. The topological polar surface area (TPSA) is 0 Å². The summed E-state index contributed by atoms with van der Waals surface area (Å²) in [4.78, 5) is 0. The van der Waals surface area contributed by atoms with Crippen LogP contribution in [0, 0.1) is 11.8 Å². The predicted molar refractivity (Wildman–Crippen MR) is 48.0 cm³/mol. The Kier molecular flexibility index (Phi) is 5.00. The van der Waals surface area contributed by atoms with E-state index in [-0.39, 0.29) is 0 Å². The van der Waals surface area contributed by atoms with Gasteiger partial charge in [0.1, 0.15) is 0 Å². The zero-order chi connectivity index (χ0) is 7.98. The monoisotopic (exact) mass is 138 g/mol. The van der Waals surface area contributed by atoms with Crippen molar-refractivity contribution in [3.8, 4) is 0 Å². The van der Waals surface area contributed by atoms with Gasteiger partial charge in [-0.25, -0.2) is 0 Å². The fourth-order valence-corrected chi connectivity index (χ4v) is 1.09. The number of hydrogen-bond donors (Lipinski definition) is 0. The number of hydrogen-bond acceptors (Lipinski definition) is 0. The summed E-state index contributed by atoms with van der Waals surface area (Å²) in [6, 6.07) is 0. The van der Waals surface area contributed by atoms with Crippen molar-refractivity contribution < 1.29 is 0 Å². The number of rotatable bonds is 4. The van der Waals surface area contributed by atoms with Gasteiger partial charge in [0.2, 0.25) is 0 Å². The molecule has 2 unspecified atom stereocenters.